The monoisotopic (exact) mass is 575 g/mol. The summed E-state index contributed by atoms with van der Waals surface area (Å²) in [5, 5.41) is 12.8. The Bertz CT molecular complexity index is 1140. The number of alkyl halides is 3. The summed E-state index contributed by atoms with van der Waals surface area (Å²) in [6.07, 6.45) is -5.85. The van der Waals surface area contributed by atoms with Crippen molar-refractivity contribution in [3.05, 3.63) is 45.4 Å². The molecule has 8 nitrogen and oxygen atoms in total. The van der Waals surface area contributed by atoms with Crippen LogP contribution in [-0.4, -0.2) is 49.3 Å². The van der Waals surface area contributed by atoms with E-state index < -0.39 is 42.4 Å². The minimum atomic E-state index is -4.44. The van der Waals surface area contributed by atoms with Crippen LogP contribution in [0.5, 0.6) is 17.2 Å². The van der Waals surface area contributed by atoms with Crippen molar-refractivity contribution in [3.8, 4) is 17.2 Å². The number of aryl methyl sites for hydroxylation is 1. The van der Waals surface area contributed by atoms with Gasteiger partial charge in [0.2, 0.25) is 0 Å². The Hall–Kier alpha value is -3.28. The van der Waals surface area contributed by atoms with Crippen LogP contribution >= 0.6 is 15.9 Å². The summed E-state index contributed by atoms with van der Waals surface area (Å²) in [5.41, 5.74) is 0.834. The molecule has 0 heterocycles. The van der Waals surface area contributed by atoms with Gasteiger partial charge in [0.1, 0.15) is 17.2 Å². The first-order valence-corrected chi connectivity index (χ1v) is 11.5. The highest BCUT2D eigenvalue weighted by molar-refractivity contribution is 9.10. The zero-order chi connectivity index (χ0) is 27.0. The number of nitrogens with one attached hydrogen (secondary N) is 1. The van der Waals surface area contributed by atoms with Gasteiger partial charge in [-0.2, -0.15) is 13.2 Å². The number of aromatic hydroxyl groups is 1. The molecular formula is C24H25BrF3NO7. The van der Waals surface area contributed by atoms with Crippen molar-refractivity contribution in [2.45, 2.75) is 39.3 Å². The van der Waals surface area contributed by atoms with Crippen molar-refractivity contribution in [1.29, 1.82) is 0 Å². The van der Waals surface area contributed by atoms with Crippen molar-refractivity contribution in [2.75, 3.05) is 25.6 Å². The zero-order valence-corrected chi connectivity index (χ0v) is 21.3. The summed E-state index contributed by atoms with van der Waals surface area (Å²) in [5.74, 6) is -2.57. The fourth-order valence-corrected chi connectivity index (χ4v) is 3.71. The number of rotatable bonds is 10. The van der Waals surface area contributed by atoms with E-state index in [-0.39, 0.29) is 30.1 Å². The molecule has 12 heteroatoms. The number of esters is 1. The predicted octanol–water partition coefficient (Wildman–Crippen LogP) is 5.12. The Labute approximate surface area is 213 Å². The molecule has 0 saturated heterocycles. The van der Waals surface area contributed by atoms with Crippen LogP contribution in [0, 0.1) is 6.92 Å². The number of phenolic OH excluding ortho intramolecular Hbond substituents is 1. The van der Waals surface area contributed by atoms with E-state index in [9.17, 15) is 32.7 Å². The van der Waals surface area contributed by atoms with Crippen LogP contribution in [-0.2, 0) is 20.7 Å². The van der Waals surface area contributed by atoms with Gasteiger partial charge in [-0.1, -0.05) is 0 Å². The van der Waals surface area contributed by atoms with Gasteiger partial charge in [0.25, 0.3) is 0 Å². The van der Waals surface area contributed by atoms with E-state index in [0.29, 0.717) is 27.9 Å². The van der Waals surface area contributed by atoms with Gasteiger partial charge >= 0.3 is 18.1 Å². The van der Waals surface area contributed by atoms with Gasteiger partial charge in [-0.25, -0.2) is 4.79 Å². The summed E-state index contributed by atoms with van der Waals surface area (Å²) in [6, 6.07) is 5.86. The standard InChI is InChI=1S/C24H25BrF3NO7/c1-13-11-17(25)20(12-18(13)29-22(32)23(33)34-3)36-10-4-9-35-19-6-5-15(14(2)30)21(31)16(19)7-8-24(26,27)28/h5-6,11-12,31H,4,7-10H2,1-3H3,(H,29,32). The Morgan fingerprint density at radius 1 is 1.08 bits per heavy atom. The van der Waals surface area contributed by atoms with Crippen LogP contribution in [0.2, 0.25) is 0 Å². The lowest BCUT2D eigenvalue weighted by atomic mass is 10.0. The fourth-order valence-electron chi connectivity index (χ4n) is 3.13. The second-order valence-corrected chi connectivity index (χ2v) is 8.56. The van der Waals surface area contributed by atoms with Crippen LogP contribution in [0.4, 0.5) is 18.9 Å². The molecule has 0 unspecified atom stereocenters. The molecule has 0 radical (unpaired) electrons. The number of anilines is 1. The van der Waals surface area contributed by atoms with Crippen molar-refractivity contribution < 1.29 is 46.9 Å². The summed E-state index contributed by atoms with van der Waals surface area (Å²) in [4.78, 5) is 34.8. The third-order valence-electron chi connectivity index (χ3n) is 4.98. The van der Waals surface area contributed by atoms with Crippen LogP contribution in [0.3, 0.4) is 0 Å². The van der Waals surface area contributed by atoms with E-state index in [4.69, 9.17) is 9.47 Å². The maximum Gasteiger partial charge on any atom is 0.396 e. The first-order chi connectivity index (χ1) is 16.8. The molecule has 0 aliphatic rings. The number of benzene rings is 2. The number of ketones is 1. The molecule has 0 aromatic heterocycles. The Morgan fingerprint density at radius 2 is 1.72 bits per heavy atom. The highest BCUT2D eigenvalue weighted by atomic mass is 79.9. The summed E-state index contributed by atoms with van der Waals surface area (Å²) in [6.45, 7) is 3.11. The Kier molecular flexibility index (Phi) is 10.1. The molecule has 2 aromatic rings. The first kappa shape index (κ1) is 29.0. The quantitative estimate of drug-likeness (QED) is 0.175. The number of carbonyl (C=O) groups is 3. The second kappa shape index (κ2) is 12.6. The minimum absolute atomic E-state index is 0.0473. The van der Waals surface area contributed by atoms with Crippen LogP contribution < -0.4 is 14.8 Å². The average molecular weight is 576 g/mol. The van der Waals surface area contributed by atoms with Gasteiger partial charge in [-0.05, 0) is 60.0 Å². The third-order valence-corrected chi connectivity index (χ3v) is 5.60. The number of hydrogen-bond donors (Lipinski definition) is 2. The van der Waals surface area contributed by atoms with Crippen molar-refractivity contribution in [2.24, 2.45) is 0 Å². The SMILES string of the molecule is COC(=O)C(=O)Nc1cc(OCCCOc2ccc(C(C)=O)c(O)c2CCC(F)(F)F)c(Br)cc1C. The number of hydrogen-bond acceptors (Lipinski definition) is 7. The number of carbonyl (C=O) groups excluding carboxylic acids is 3. The molecule has 0 spiro atoms. The highest BCUT2D eigenvalue weighted by Gasteiger charge is 2.29. The number of phenols is 1. The van der Waals surface area contributed by atoms with E-state index in [1.165, 1.54) is 25.1 Å². The van der Waals surface area contributed by atoms with Gasteiger partial charge < -0.3 is 24.6 Å². The molecule has 36 heavy (non-hydrogen) atoms. The molecule has 0 saturated carbocycles. The molecule has 2 aromatic carbocycles. The largest absolute Gasteiger partial charge is 0.507 e. The molecule has 0 aliphatic heterocycles. The molecule has 0 fully saturated rings. The Morgan fingerprint density at radius 3 is 2.31 bits per heavy atom. The third kappa shape index (κ3) is 8.14. The summed E-state index contributed by atoms with van der Waals surface area (Å²) >= 11 is 3.36. The van der Waals surface area contributed by atoms with Gasteiger partial charge in [0.05, 0.1) is 30.4 Å². The molecule has 1 amide bonds. The average Bonchev–Trinajstić information content (AvgIpc) is 2.79. The maximum atomic E-state index is 12.7. The topological polar surface area (TPSA) is 111 Å². The van der Waals surface area contributed by atoms with E-state index in [0.717, 1.165) is 7.11 Å². The van der Waals surface area contributed by atoms with Gasteiger partial charge in [0.15, 0.2) is 5.78 Å². The maximum absolute atomic E-state index is 12.7. The zero-order valence-electron chi connectivity index (χ0n) is 19.8. The lowest BCUT2D eigenvalue weighted by molar-refractivity contribution is -0.150. The first-order valence-electron chi connectivity index (χ1n) is 10.7. The normalized spacial score (nSPS) is 11.1. The number of ether oxygens (including phenoxy) is 3. The van der Waals surface area contributed by atoms with Gasteiger partial charge in [0, 0.05) is 30.2 Å². The molecule has 2 N–H and O–H groups in total. The van der Waals surface area contributed by atoms with Crippen LogP contribution in [0.15, 0.2) is 28.7 Å². The molecule has 2 rings (SSSR count). The van der Waals surface area contributed by atoms with Gasteiger partial charge in [-0.15, -0.1) is 0 Å². The van der Waals surface area contributed by atoms with Gasteiger partial charge in [-0.3, -0.25) is 9.59 Å². The van der Waals surface area contributed by atoms with E-state index in [1.54, 1.807) is 13.0 Å². The second-order valence-electron chi connectivity index (χ2n) is 7.70. The van der Waals surface area contributed by atoms with Crippen LogP contribution in [0.1, 0.15) is 41.3 Å². The lowest BCUT2D eigenvalue weighted by Crippen LogP contribution is -2.24. The fraction of sp³-hybridized carbons (Fsp3) is 0.375. The number of amides is 1. The van der Waals surface area contributed by atoms with Crippen molar-refractivity contribution in [3.63, 3.8) is 0 Å². The van der Waals surface area contributed by atoms with Crippen molar-refractivity contribution in [1.82, 2.24) is 0 Å². The van der Waals surface area contributed by atoms with E-state index in [1.807, 2.05) is 0 Å². The summed E-state index contributed by atoms with van der Waals surface area (Å²) in [7, 11) is 1.09. The Balaban J connectivity index is 2.03. The lowest BCUT2D eigenvalue weighted by Gasteiger charge is -2.16. The number of halogens is 4. The molecule has 0 atom stereocenters. The van der Waals surface area contributed by atoms with E-state index >= 15 is 0 Å². The smallest absolute Gasteiger partial charge is 0.396 e. The van der Waals surface area contributed by atoms with Crippen molar-refractivity contribution >= 4 is 39.3 Å². The summed E-state index contributed by atoms with van der Waals surface area (Å²) < 4.78 is 54.5. The number of methoxy groups -OCH3 is 1. The van der Waals surface area contributed by atoms with Crippen LogP contribution in [0.25, 0.3) is 0 Å². The predicted molar refractivity (Wildman–Crippen MR) is 128 cm³/mol. The minimum Gasteiger partial charge on any atom is -0.507 e. The molecule has 0 bridgehead atoms. The molecule has 0 aliphatic carbocycles. The molecule has 196 valence electrons. The number of Topliss-reactive ketones (excluding diaryl/α,β-unsaturated/α-hetero) is 1. The molecular weight excluding hydrogens is 551 g/mol. The van der Waals surface area contributed by atoms with E-state index in [2.05, 4.69) is 26.0 Å². The highest BCUT2D eigenvalue weighted by Crippen LogP contribution is 2.35.